The van der Waals surface area contributed by atoms with E-state index in [1.165, 1.54) is 70.8 Å². The fraction of sp³-hybridized carbons (Fsp3) is 1.00. The summed E-state index contributed by atoms with van der Waals surface area (Å²) in [6, 6.07) is 1.47. The lowest BCUT2D eigenvalue weighted by molar-refractivity contribution is 0.0981. The van der Waals surface area contributed by atoms with Crippen molar-refractivity contribution in [3.8, 4) is 0 Å². The minimum absolute atomic E-state index is 0.642. The van der Waals surface area contributed by atoms with Crippen LogP contribution in [0.15, 0.2) is 0 Å². The van der Waals surface area contributed by atoms with Crippen LogP contribution in [0.25, 0.3) is 0 Å². The lowest BCUT2D eigenvalue weighted by Gasteiger charge is -2.39. The molecule has 2 saturated carbocycles. The zero-order valence-electron chi connectivity index (χ0n) is 13.8. The van der Waals surface area contributed by atoms with Crippen molar-refractivity contribution in [1.82, 2.24) is 4.90 Å². The molecule has 20 heavy (non-hydrogen) atoms. The molecule has 0 spiro atoms. The van der Waals surface area contributed by atoms with Gasteiger partial charge in [-0.1, -0.05) is 58.8 Å². The van der Waals surface area contributed by atoms with Gasteiger partial charge < -0.3 is 5.73 Å². The maximum absolute atomic E-state index is 6.19. The molecule has 0 aliphatic heterocycles. The molecule has 0 amide bonds. The van der Waals surface area contributed by atoms with E-state index in [-0.39, 0.29) is 0 Å². The van der Waals surface area contributed by atoms with E-state index in [0.29, 0.717) is 6.04 Å². The summed E-state index contributed by atoms with van der Waals surface area (Å²) in [4.78, 5) is 2.81. The SMILES string of the molecule is CC(C)CN(C1CCCC1)C(CN)CC1CCCCC1. The van der Waals surface area contributed by atoms with E-state index in [1.807, 2.05) is 0 Å². The minimum Gasteiger partial charge on any atom is -0.329 e. The second kappa shape index (κ2) is 8.38. The van der Waals surface area contributed by atoms with Gasteiger partial charge in [-0.25, -0.2) is 0 Å². The summed E-state index contributed by atoms with van der Waals surface area (Å²) >= 11 is 0. The van der Waals surface area contributed by atoms with Crippen LogP contribution < -0.4 is 5.73 Å². The molecule has 2 rings (SSSR count). The molecule has 2 heteroatoms. The summed E-state index contributed by atoms with van der Waals surface area (Å²) in [5, 5.41) is 0. The first kappa shape index (κ1) is 16.3. The van der Waals surface area contributed by atoms with Crippen molar-refractivity contribution in [2.24, 2.45) is 17.6 Å². The van der Waals surface area contributed by atoms with E-state index in [9.17, 15) is 0 Å². The predicted molar refractivity (Wildman–Crippen MR) is 87.8 cm³/mol. The molecule has 118 valence electrons. The standard InChI is InChI=1S/C18H36N2/c1-15(2)14-20(17-10-6-7-11-17)18(13-19)12-16-8-4-3-5-9-16/h15-18H,3-14,19H2,1-2H3. The molecule has 2 nitrogen and oxygen atoms in total. The van der Waals surface area contributed by atoms with E-state index < -0.39 is 0 Å². The Bertz CT molecular complexity index is 252. The van der Waals surface area contributed by atoms with Crippen LogP contribution in [0.1, 0.15) is 78.1 Å². The topological polar surface area (TPSA) is 29.3 Å². The number of hydrogen-bond donors (Lipinski definition) is 1. The highest BCUT2D eigenvalue weighted by molar-refractivity contribution is 4.86. The van der Waals surface area contributed by atoms with Crippen LogP contribution in [0.4, 0.5) is 0 Å². The minimum atomic E-state index is 0.642. The summed E-state index contributed by atoms with van der Waals surface area (Å²) in [5.41, 5.74) is 6.19. The highest BCUT2D eigenvalue weighted by Crippen LogP contribution is 2.32. The van der Waals surface area contributed by atoms with Crippen molar-refractivity contribution >= 4 is 0 Å². The van der Waals surface area contributed by atoms with Gasteiger partial charge in [-0.05, 0) is 31.1 Å². The normalized spacial score (nSPS) is 23.9. The van der Waals surface area contributed by atoms with Gasteiger partial charge in [0, 0.05) is 25.2 Å². The van der Waals surface area contributed by atoms with Gasteiger partial charge in [-0.2, -0.15) is 0 Å². The molecular formula is C18H36N2. The van der Waals surface area contributed by atoms with Gasteiger partial charge in [0.25, 0.3) is 0 Å². The van der Waals surface area contributed by atoms with Crippen molar-refractivity contribution in [2.75, 3.05) is 13.1 Å². The van der Waals surface area contributed by atoms with E-state index in [2.05, 4.69) is 18.7 Å². The molecule has 0 aromatic heterocycles. The molecule has 0 aromatic carbocycles. The van der Waals surface area contributed by atoms with Gasteiger partial charge in [0.1, 0.15) is 0 Å². The first-order valence-electron chi connectivity index (χ1n) is 9.16. The third-order valence-corrected chi connectivity index (χ3v) is 5.44. The Kier molecular flexibility index (Phi) is 6.83. The quantitative estimate of drug-likeness (QED) is 0.758. The van der Waals surface area contributed by atoms with Crippen molar-refractivity contribution in [1.29, 1.82) is 0 Å². The summed E-state index contributed by atoms with van der Waals surface area (Å²) in [6.07, 6.45) is 14.3. The highest BCUT2D eigenvalue weighted by atomic mass is 15.2. The van der Waals surface area contributed by atoms with E-state index in [0.717, 1.165) is 24.4 Å². The smallest absolute Gasteiger partial charge is 0.0224 e. The second-order valence-corrected chi connectivity index (χ2v) is 7.66. The maximum Gasteiger partial charge on any atom is 0.0224 e. The monoisotopic (exact) mass is 280 g/mol. The fourth-order valence-corrected chi connectivity index (χ4v) is 4.43. The molecule has 0 radical (unpaired) electrons. The number of nitrogens with two attached hydrogens (primary N) is 1. The Morgan fingerprint density at radius 2 is 1.55 bits per heavy atom. The number of rotatable bonds is 7. The van der Waals surface area contributed by atoms with Crippen LogP contribution >= 0.6 is 0 Å². The van der Waals surface area contributed by atoms with Gasteiger partial charge in [-0.3, -0.25) is 4.90 Å². The number of nitrogens with zero attached hydrogens (tertiary/aromatic N) is 1. The van der Waals surface area contributed by atoms with Crippen LogP contribution in [0.5, 0.6) is 0 Å². The molecule has 0 heterocycles. The molecule has 1 unspecified atom stereocenters. The van der Waals surface area contributed by atoms with E-state index in [1.54, 1.807) is 0 Å². The highest BCUT2D eigenvalue weighted by Gasteiger charge is 2.30. The Balaban J connectivity index is 1.94. The van der Waals surface area contributed by atoms with Gasteiger partial charge in [0.15, 0.2) is 0 Å². The van der Waals surface area contributed by atoms with Crippen molar-refractivity contribution in [2.45, 2.75) is 90.1 Å². The third-order valence-electron chi connectivity index (χ3n) is 5.44. The molecule has 0 aromatic rings. The molecule has 2 aliphatic rings. The lowest BCUT2D eigenvalue weighted by Crippen LogP contribution is -2.48. The average Bonchev–Trinajstić information content (AvgIpc) is 2.97. The lowest BCUT2D eigenvalue weighted by atomic mass is 9.84. The fourth-order valence-electron chi connectivity index (χ4n) is 4.43. The largest absolute Gasteiger partial charge is 0.329 e. The molecular weight excluding hydrogens is 244 g/mol. The van der Waals surface area contributed by atoms with Gasteiger partial charge >= 0.3 is 0 Å². The molecule has 0 saturated heterocycles. The van der Waals surface area contributed by atoms with Crippen LogP contribution in [-0.4, -0.2) is 30.1 Å². The van der Waals surface area contributed by atoms with Crippen LogP contribution in [0, 0.1) is 11.8 Å². The average molecular weight is 280 g/mol. The Hall–Kier alpha value is -0.0800. The Labute approximate surface area is 126 Å². The van der Waals surface area contributed by atoms with Crippen molar-refractivity contribution in [3.05, 3.63) is 0 Å². The molecule has 0 bridgehead atoms. The summed E-state index contributed by atoms with van der Waals surface area (Å²) in [6.45, 7) is 6.82. The summed E-state index contributed by atoms with van der Waals surface area (Å²) in [5.74, 6) is 1.71. The zero-order chi connectivity index (χ0) is 14.4. The van der Waals surface area contributed by atoms with Crippen LogP contribution in [0.2, 0.25) is 0 Å². The van der Waals surface area contributed by atoms with Gasteiger partial charge in [0.05, 0.1) is 0 Å². The maximum atomic E-state index is 6.19. The Morgan fingerprint density at radius 3 is 2.10 bits per heavy atom. The van der Waals surface area contributed by atoms with Crippen LogP contribution in [0.3, 0.4) is 0 Å². The molecule has 2 fully saturated rings. The van der Waals surface area contributed by atoms with Gasteiger partial charge in [0.2, 0.25) is 0 Å². The third kappa shape index (κ3) is 4.73. The van der Waals surface area contributed by atoms with E-state index in [4.69, 9.17) is 5.73 Å². The molecule has 2 N–H and O–H groups in total. The van der Waals surface area contributed by atoms with Crippen LogP contribution in [-0.2, 0) is 0 Å². The summed E-state index contributed by atoms with van der Waals surface area (Å²) in [7, 11) is 0. The summed E-state index contributed by atoms with van der Waals surface area (Å²) < 4.78 is 0. The van der Waals surface area contributed by atoms with Crippen molar-refractivity contribution < 1.29 is 0 Å². The van der Waals surface area contributed by atoms with Crippen molar-refractivity contribution in [3.63, 3.8) is 0 Å². The van der Waals surface area contributed by atoms with Gasteiger partial charge in [-0.15, -0.1) is 0 Å². The first-order valence-corrected chi connectivity index (χ1v) is 9.16. The zero-order valence-corrected chi connectivity index (χ0v) is 13.8. The number of hydrogen-bond acceptors (Lipinski definition) is 2. The Morgan fingerprint density at radius 1 is 0.950 bits per heavy atom. The first-order chi connectivity index (χ1) is 9.70. The van der Waals surface area contributed by atoms with E-state index >= 15 is 0 Å². The molecule has 2 aliphatic carbocycles. The predicted octanol–water partition coefficient (Wildman–Crippen LogP) is 4.18. The molecule has 1 atom stereocenters. The second-order valence-electron chi connectivity index (χ2n) is 7.66.